The van der Waals surface area contributed by atoms with Crippen molar-refractivity contribution in [3.8, 4) is 5.75 Å². The minimum Gasteiger partial charge on any atom is -0.483 e. The van der Waals surface area contributed by atoms with Gasteiger partial charge in [-0.3, -0.25) is 14.4 Å². The molecule has 1 N–H and O–H groups in total. The largest absolute Gasteiger partial charge is 0.483 e. The van der Waals surface area contributed by atoms with Gasteiger partial charge in [0, 0.05) is 11.3 Å². The van der Waals surface area contributed by atoms with Crippen LogP contribution in [0.5, 0.6) is 5.75 Å². The lowest BCUT2D eigenvalue weighted by atomic mass is 10.1. The summed E-state index contributed by atoms with van der Waals surface area (Å²) in [5.74, 6) is -0.0983. The first-order chi connectivity index (χ1) is 10.6. The van der Waals surface area contributed by atoms with Crippen LogP contribution in [-0.2, 0) is 4.79 Å². The van der Waals surface area contributed by atoms with Crippen LogP contribution in [0, 0.1) is 0 Å². The van der Waals surface area contributed by atoms with Crippen molar-refractivity contribution in [2.24, 2.45) is 0 Å². The maximum atomic E-state index is 11.9. The van der Waals surface area contributed by atoms with Gasteiger partial charge < -0.3 is 10.1 Å². The van der Waals surface area contributed by atoms with Gasteiger partial charge in [-0.05, 0) is 31.2 Å². The van der Waals surface area contributed by atoms with Crippen LogP contribution in [0.25, 0.3) is 0 Å². The summed E-state index contributed by atoms with van der Waals surface area (Å²) in [6.45, 7) is 1.23. The van der Waals surface area contributed by atoms with Gasteiger partial charge in [0.15, 0.2) is 18.7 Å². The molecule has 0 fully saturated rings. The molecule has 22 heavy (non-hydrogen) atoms. The number of rotatable bonds is 6. The molecule has 0 bridgehead atoms. The Morgan fingerprint density at radius 3 is 2.64 bits per heavy atom. The number of para-hydroxylation sites is 1. The minimum atomic E-state index is -0.374. The molecule has 2 aromatic rings. The predicted molar refractivity (Wildman–Crippen MR) is 82.4 cm³/mol. The summed E-state index contributed by atoms with van der Waals surface area (Å²) in [4.78, 5) is 34.0. The third kappa shape index (κ3) is 4.02. The van der Waals surface area contributed by atoms with Crippen molar-refractivity contribution in [2.45, 2.75) is 6.92 Å². The SMILES string of the molecule is CC(=O)c1cccc(NC(=O)COc2ccccc2C=O)c1. The zero-order chi connectivity index (χ0) is 15.9. The van der Waals surface area contributed by atoms with E-state index in [2.05, 4.69) is 5.32 Å². The molecule has 5 nitrogen and oxygen atoms in total. The van der Waals surface area contributed by atoms with Gasteiger partial charge in [0.05, 0.1) is 5.56 Å². The molecule has 0 aliphatic carbocycles. The van der Waals surface area contributed by atoms with E-state index in [0.29, 0.717) is 28.8 Å². The fourth-order valence-electron chi connectivity index (χ4n) is 1.87. The highest BCUT2D eigenvalue weighted by Gasteiger charge is 2.07. The van der Waals surface area contributed by atoms with Gasteiger partial charge in [-0.1, -0.05) is 24.3 Å². The van der Waals surface area contributed by atoms with E-state index in [1.165, 1.54) is 6.92 Å². The first-order valence-corrected chi connectivity index (χ1v) is 6.68. The second-order valence-electron chi connectivity index (χ2n) is 4.63. The molecular formula is C17H15NO4. The summed E-state index contributed by atoms with van der Waals surface area (Å²) in [5, 5.41) is 2.64. The summed E-state index contributed by atoms with van der Waals surface area (Å²) in [6, 6.07) is 13.3. The second-order valence-corrected chi connectivity index (χ2v) is 4.63. The molecule has 0 saturated heterocycles. The molecule has 0 aliphatic heterocycles. The maximum Gasteiger partial charge on any atom is 0.262 e. The number of Topliss-reactive ketones (excluding diaryl/α,β-unsaturated/α-hetero) is 1. The molecule has 5 heteroatoms. The average molecular weight is 297 g/mol. The van der Waals surface area contributed by atoms with Crippen molar-refractivity contribution in [2.75, 3.05) is 11.9 Å². The lowest BCUT2D eigenvalue weighted by Crippen LogP contribution is -2.20. The van der Waals surface area contributed by atoms with Gasteiger partial charge in [-0.15, -0.1) is 0 Å². The smallest absolute Gasteiger partial charge is 0.262 e. The van der Waals surface area contributed by atoms with E-state index >= 15 is 0 Å². The van der Waals surface area contributed by atoms with Gasteiger partial charge in [-0.2, -0.15) is 0 Å². The summed E-state index contributed by atoms with van der Waals surface area (Å²) in [5.41, 5.74) is 1.42. The number of aldehydes is 1. The second kappa shape index (κ2) is 7.17. The summed E-state index contributed by atoms with van der Waals surface area (Å²) < 4.78 is 5.33. The van der Waals surface area contributed by atoms with E-state index < -0.39 is 0 Å². The van der Waals surface area contributed by atoms with Gasteiger partial charge in [-0.25, -0.2) is 0 Å². The molecule has 0 heterocycles. The van der Waals surface area contributed by atoms with Crippen LogP contribution in [0.4, 0.5) is 5.69 Å². The van der Waals surface area contributed by atoms with E-state index in [1.54, 1.807) is 48.5 Å². The van der Waals surface area contributed by atoms with Crippen LogP contribution < -0.4 is 10.1 Å². The van der Waals surface area contributed by atoms with Crippen molar-refractivity contribution in [1.82, 2.24) is 0 Å². The number of ketones is 1. The number of carbonyl (C=O) groups is 3. The molecule has 0 unspecified atom stereocenters. The highest BCUT2D eigenvalue weighted by molar-refractivity contribution is 5.97. The summed E-state index contributed by atoms with van der Waals surface area (Å²) in [6.07, 6.45) is 0.670. The van der Waals surface area contributed by atoms with Crippen molar-refractivity contribution >= 4 is 23.7 Å². The quantitative estimate of drug-likeness (QED) is 0.657. The number of carbonyl (C=O) groups excluding carboxylic acids is 3. The fourth-order valence-corrected chi connectivity index (χ4v) is 1.87. The van der Waals surface area contributed by atoms with Crippen molar-refractivity contribution in [3.63, 3.8) is 0 Å². The summed E-state index contributed by atoms with van der Waals surface area (Å²) in [7, 11) is 0. The van der Waals surface area contributed by atoms with E-state index in [4.69, 9.17) is 4.74 Å². The predicted octanol–water partition coefficient (Wildman–Crippen LogP) is 2.72. The van der Waals surface area contributed by atoms with E-state index in [0.717, 1.165) is 0 Å². The van der Waals surface area contributed by atoms with Gasteiger partial charge in [0.2, 0.25) is 0 Å². The molecule has 1 amide bonds. The van der Waals surface area contributed by atoms with Crippen LogP contribution in [0.15, 0.2) is 48.5 Å². The first kappa shape index (κ1) is 15.4. The van der Waals surface area contributed by atoms with Gasteiger partial charge >= 0.3 is 0 Å². The average Bonchev–Trinajstić information content (AvgIpc) is 2.53. The normalized spacial score (nSPS) is 9.86. The molecule has 0 radical (unpaired) electrons. The third-order valence-corrected chi connectivity index (χ3v) is 2.96. The number of hydrogen-bond acceptors (Lipinski definition) is 4. The number of hydrogen-bond donors (Lipinski definition) is 1. The molecule has 0 spiro atoms. The van der Waals surface area contributed by atoms with E-state index in [1.807, 2.05) is 0 Å². The van der Waals surface area contributed by atoms with E-state index in [-0.39, 0.29) is 18.3 Å². The zero-order valence-corrected chi connectivity index (χ0v) is 12.0. The lowest BCUT2D eigenvalue weighted by Gasteiger charge is -2.09. The Bertz CT molecular complexity index is 709. The van der Waals surface area contributed by atoms with E-state index in [9.17, 15) is 14.4 Å². The molecule has 2 rings (SSSR count). The monoisotopic (exact) mass is 297 g/mol. The molecule has 0 atom stereocenters. The van der Waals surface area contributed by atoms with Crippen LogP contribution in [0.2, 0.25) is 0 Å². The van der Waals surface area contributed by atoms with Crippen molar-refractivity contribution < 1.29 is 19.1 Å². The Labute approximate surface area is 127 Å². The van der Waals surface area contributed by atoms with Crippen LogP contribution >= 0.6 is 0 Å². The molecule has 0 saturated carbocycles. The number of ether oxygens (including phenoxy) is 1. The number of anilines is 1. The standard InChI is InChI=1S/C17H15NO4/c1-12(20)13-6-4-7-15(9-13)18-17(21)11-22-16-8-3-2-5-14(16)10-19/h2-10H,11H2,1H3,(H,18,21). The van der Waals surface area contributed by atoms with Gasteiger partial charge in [0.1, 0.15) is 5.75 Å². The highest BCUT2D eigenvalue weighted by Crippen LogP contribution is 2.16. The lowest BCUT2D eigenvalue weighted by molar-refractivity contribution is -0.118. The van der Waals surface area contributed by atoms with Crippen molar-refractivity contribution in [3.05, 3.63) is 59.7 Å². The van der Waals surface area contributed by atoms with Crippen LogP contribution in [0.3, 0.4) is 0 Å². The first-order valence-electron chi connectivity index (χ1n) is 6.68. The van der Waals surface area contributed by atoms with Crippen LogP contribution in [0.1, 0.15) is 27.6 Å². The molecular weight excluding hydrogens is 282 g/mol. The Balaban J connectivity index is 1.97. The molecule has 0 aliphatic rings. The molecule has 0 aromatic heterocycles. The van der Waals surface area contributed by atoms with Gasteiger partial charge in [0.25, 0.3) is 5.91 Å². The number of benzene rings is 2. The molecule has 112 valence electrons. The minimum absolute atomic E-state index is 0.0766. The highest BCUT2D eigenvalue weighted by atomic mass is 16.5. The Morgan fingerprint density at radius 1 is 1.14 bits per heavy atom. The number of amides is 1. The topological polar surface area (TPSA) is 72.5 Å². The Kier molecular flexibility index (Phi) is 5.03. The summed E-state index contributed by atoms with van der Waals surface area (Å²) >= 11 is 0. The fraction of sp³-hybridized carbons (Fsp3) is 0.118. The van der Waals surface area contributed by atoms with Crippen LogP contribution in [-0.4, -0.2) is 24.6 Å². The Hall–Kier alpha value is -2.95. The Morgan fingerprint density at radius 2 is 1.91 bits per heavy atom. The maximum absolute atomic E-state index is 11.9. The molecule has 2 aromatic carbocycles. The van der Waals surface area contributed by atoms with Crippen molar-refractivity contribution in [1.29, 1.82) is 0 Å². The third-order valence-electron chi connectivity index (χ3n) is 2.96. The zero-order valence-electron chi connectivity index (χ0n) is 12.0. The number of nitrogens with one attached hydrogen (secondary N) is 1.